The Kier molecular flexibility index (Phi) is 2.40. The number of anilines is 2. The molecule has 0 bridgehead atoms. The Morgan fingerprint density at radius 2 is 1.44 bits per heavy atom. The molecular formula is C14H16N2O2. The van der Waals surface area contributed by atoms with Gasteiger partial charge in [0.2, 0.25) is 11.8 Å². The Bertz CT molecular complexity index is 508. The second-order valence-corrected chi connectivity index (χ2v) is 5.13. The number of aryl methyl sites for hydroxylation is 2. The maximum atomic E-state index is 11.9. The zero-order valence-corrected chi connectivity index (χ0v) is 10.7. The zero-order chi connectivity index (χ0) is 12.9. The van der Waals surface area contributed by atoms with E-state index in [1.165, 1.54) is 4.90 Å². The van der Waals surface area contributed by atoms with Crippen molar-refractivity contribution in [3.8, 4) is 0 Å². The summed E-state index contributed by atoms with van der Waals surface area (Å²) in [5, 5.41) is 0. The number of benzene rings is 1. The number of carbonyl (C=O) groups excluding carboxylic acids is 2. The van der Waals surface area contributed by atoms with Crippen LogP contribution in [0, 0.1) is 0 Å². The first-order valence-electron chi connectivity index (χ1n) is 6.27. The van der Waals surface area contributed by atoms with Crippen LogP contribution in [0.15, 0.2) is 12.1 Å². The molecule has 2 amide bonds. The largest absolute Gasteiger partial charge is 0.378 e. The Labute approximate surface area is 106 Å². The standard InChI is InChI=1S/C14H16N2O2/c1-15(2)11-7-9-3-5-12(17)16-13(18)6-4-10(8-11)14(9)16/h7-8H,3-6H2,1-2H3. The molecule has 1 aromatic carbocycles. The maximum Gasteiger partial charge on any atom is 0.234 e. The third-order valence-corrected chi connectivity index (χ3v) is 3.71. The van der Waals surface area contributed by atoms with E-state index >= 15 is 0 Å². The summed E-state index contributed by atoms with van der Waals surface area (Å²) in [6.07, 6.45) is 2.36. The molecule has 0 saturated heterocycles. The van der Waals surface area contributed by atoms with Crippen molar-refractivity contribution in [3.05, 3.63) is 23.3 Å². The van der Waals surface area contributed by atoms with Gasteiger partial charge in [-0.3, -0.25) is 14.5 Å². The van der Waals surface area contributed by atoms with Gasteiger partial charge in [-0.25, -0.2) is 0 Å². The van der Waals surface area contributed by atoms with Crippen LogP contribution in [0.25, 0.3) is 0 Å². The van der Waals surface area contributed by atoms with Crippen LogP contribution in [-0.2, 0) is 22.4 Å². The molecular weight excluding hydrogens is 228 g/mol. The molecule has 2 aliphatic rings. The molecule has 94 valence electrons. The summed E-state index contributed by atoms with van der Waals surface area (Å²) in [7, 11) is 4.02. The molecule has 0 spiro atoms. The topological polar surface area (TPSA) is 40.6 Å². The molecule has 0 radical (unpaired) electrons. The van der Waals surface area contributed by atoms with Crippen LogP contribution < -0.4 is 9.80 Å². The highest BCUT2D eigenvalue weighted by Gasteiger charge is 2.34. The molecule has 0 N–H and O–H groups in total. The first kappa shape index (κ1) is 11.3. The van der Waals surface area contributed by atoms with Crippen molar-refractivity contribution in [1.29, 1.82) is 0 Å². The molecule has 0 aromatic heterocycles. The zero-order valence-electron chi connectivity index (χ0n) is 10.7. The van der Waals surface area contributed by atoms with E-state index in [2.05, 4.69) is 17.0 Å². The highest BCUT2D eigenvalue weighted by atomic mass is 16.2. The molecule has 2 heterocycles. The molecule has 3 rings (SSSR count). The monoisotopic (exact) mass is 244 g/mol. The van der Waals surface area contributed by atoms with Gasteiger partial charge in [-0.15, -0.1) is 0 Å². The van der Waals surface area contributed by atoms with Gasteiger partial charge in [-0.1, -0.05) is 0 Å². The van der Waals surface area contributed by atoms with Gasteiger partial charge in [0.25, 0.3) is 0 Å². The Morgan fingerprint density at radius 3 is 1.89 bits per heavy atom. The molecule has 0 atom stereocenters. The number of imide groups is 1. The summed E-state index contributed by atoms with van der Waals surface area (Å²) in [4.78, 5) is 27.3. The van der Waals surface area contributed by atoms with Gasteiger partial charge < -0.3 is 4.90 Å². The van der Waals surface area contributed by atoms with Crippen LogP contribution in [0.1, 0.15) is 24.0 Å². The second-order valence-electron chi connectivity index (χ2n) is 5.13. The number of hydrogen-bond acceptors (Lipinski definition) is 3. The molecule has 4 nitrogen and oxygen atoms in total. The molecule has 18 heavy (non-hydrogen) atoms. The summed E-state index contributed by atoms with van der Waals surface area (Å²) >= 11 is 0. The minimum Gasteiger partial charge on any atom is -0.378 e. The van der Waals surface area contributed by atoms with Crippen molar-refractivity contribution < 1.29 is 9.59 Å². The summed E-state index contributed by atoms with van der Waals surface area (Å²) in [6, 6.07) is 4.19. The number of rotatable bonds is 1. The average Bonchev–Trinajstić information content (AvgIpc) is 2.35. The van der Waals surface area contributed by atoms with E-state index in [1.807, 2.05) is 14.1 Å². The molecule has 0 fully saturated rings. The predicted molar refractivity (Wildman–Crippen MR) is 69.9 cm³/mol. The van der Waals surface area contributed by atoms with Crippen molar-refractivity contribution in [1.82, 2.24) is 0 Å². The number of nitrogens with zero attached hydrogens (tertiary/aromatic N) is 2. The van der Waals surface area contributed by atoms with Gasteiger partial charge >= 0.3 is 0 Å². The molecule has 2 aliphatic heterocycles. The lowest BCUT2D eigenvalue weighted by molar-refractivity contribution is -0.127. The van der Waals surface area contributed by atoms with E-state index in [4.69, 9.17) is 0 Å². The van der Waals surface area contributed by atoms with Crippen LogP contribution in [0.2, 0.25) is 0 Å². The van der Waals surface area contributed by atoms with Crippen LogP contribution in [0.5, 0.6) is 0 Å². The van der Waals surface area contributed by atoms with Crippen LogP contribution >= 0.6 is 0 Å². The first-order chi connectivity index (χ1) is 8.58. The Morgan fingerprint density at radius 1 is 0.944 bits per heavy atom. The van der Waals surface area contributed by atoms with Gasteiger partial charge in [0.1, 0.15) is 0 Å². The second kappa shape index (κ2) is 3.83. The molecule has 4 heteroatoms. The lowest BCUT2D eigenvalue weighted by atomic mass is 9.90. The minimum absolute atomic E-state index is 0.0500. The van der Waals surface area contributed by atoms with Gasteiger partial charge in [0, 0.05) is 32.6 Å². The fraction of sp³-hybridized carbons (Fsp3) is 0.429. The van der Waals surface area contributed by atoms with Crippen LogP contribution in [-0.4, -0.2) is 25.9 Å². The van der Waals surface area contributed by atoms with Crippen molar-refractivity contribution in [3.63, 3.8) is 0 Å². The predicted octanol–water partition coefficient (Wildman–Crippen LogP) is 1.50. The van der Waals surface area contributed by atoms with Gasteiger partial charge in [-0.2, -0.15) is 0 Å². The minimum atomic E-state index is -0.0500. The summed E-state index contributed by atoms with van der Waals surface area (Å²) in [5.74, 6) is -0.0999. The van der Waals surface area contributed by atoms with Gasteiger partial charge in [0.15, 0.2) is 0 Å². The normalized spacial score (nSPS) is 17.8. The van der Waals surface area contributed by atoms with E-state index in [0.29, 0.717) is 12.8 Å². The summed E-state index contributed by atoms with van der Waals surface area (Å²) < 4.78 is 0. The highest BCUT2D eigenvalue weighted by Crippen LogP contribution is 2.38. The van der Waals surface area contributed by atoms with Gasteiger partial charge in [0.05, 0.1) is 5.69 Å². The maximum absolute atomic E-state index is 11.9. The smallest absolute Gasteiger partial charge is 0.234 e. The van der Waals surface area contributed by atoms with E-state index in [1.54, 1.807) is 0 Å². The van der Waals surface area contributed by atoms with Crippen molar-refractivity contribution >= 4 is 23.2 Å². The Hall–Kier alpha value is -1.84. The summed E-state index contributed by atoms with van der Waals surface area (Å²) in [5.41, 5.74) is 4.27. The fourth-order valence-corrected chi connectivity index (χ4v) is 2.76. The van der Waals surface area contributed by atoms with E-state index in [9.17, 15) is 9.59 Å². The van der Waals surface area contributed by atoms with E-state index < -0.39 is 0 Å². The third kappa shape index (κ3) is 1.52. The number of amides is 2. The number of carbonyl (C=O) groups is 2. The van der Waals surface area contributed by atoms with Crippen molar-refractivity contribution in [2.45, 2.75) is 25.7 Å². The van der Waals surface area contributed by atoms with Crippen molar-refractivity contribution in [2.24, 2.45) is 0 Å². The number of hydrogen-bond donors (Lipinski definition) is 0. The fourth-order valence-electron chi connectivity index (χ4n) is 2.76. The first-order valence-corrected chi connectivity index (χ1v) is 6.27. The quantitative estimate of drug-likeness (QED) is 0.703. The molecule has 1 aromatic rings. The van der Waals surface area contributed by atoms with Crippen LogP contribution in [0.3, 0.4) is 0 Å². The van der Waals surface area contributed by atoms with Gasteiger partial charge in [-0.05, 0) is 36.1 Å². The lowest BCUT2D eigenvalue weighted by Crippen LogP contribution is -2.43. The summed E-state index contributed by atoms with van der Waals surface area (Å²) in [6.45, 7) is 0. The Balaban J connectivity index is 2.20. The third-order valence-electron chi connectivity index (χ3n) is 3.71. The van der Waals surface area contributed by atoms with E-state index in [-0.39, 0.29) is 11.8 Å². The lowest BCUT2D eigenvalue weighted by Gasteiger charge is -2.34. The molecule has 0 saturated carbocycles. The molecule has 0 aliphatic carbocycles. The SMILES string of the molecule is CN(C)c1cc2c3c(c1)CCC(=O)N3C(=O)CC2. The average molecular weight is 244 g/mol. The molecule has 0 unspecified atom stereocenters. The van der Waals surface area contributed by atoms with E-state index in [0.717, 1.165) is 35.3 Å². The van der Waals surface area contributed by atoms with Crippen LogP contribution in [0.4, 0.5) is 11.4 Å². The highest BCUT2D eigenvalue weighted by molar-refractivity contribution is 6.18. The van der Waals surface area contributed by atoms with Crippen molar-refractivity contribution in [2.75, 3.05) is 23.9 Å².